The molecule has 0 spiro atoms. The third kappa shape index (κ3) is 3.47. The lowest BCUT2D eigenvalue weighted by atomic mass is 9.64. The molecule has 0 rings (SSSR count). The van der Waals surface area contributed by atoms with E-state index in [2.05, 4.69) is 5.32 Å². The van der Waals surface area contributed by atoms with Crippen LogP contribution < -0.4 is 5.32 Å². The number of carbonyl (C=O) groups is 1. The lowest BCUT2D eigenvalue weighted by molar-refractivity contribution is -0.137. The molecule has 0 bridgehead atoms. The van der Waals surface area contributed by atoms with Crippen LogP contribution in [-0.4, -0.2) is 42.5 Å². The van der Waals surface area contributed by atoms with E-state index in [0.29, 0.717) is 0 Å². The van der Waals surface area contributed by atoms with Crippen molar-refractivity contribution in [2.24, 2.45) is 0 Å². The highest BCUT2D eigenvalue weighted by Crippen LogP contribution is 1.84. The Kier molecular flexibility index (Phi) is 4.06. The van der Waals surface area contributed by atoms with Crippen molar-refractivity contribution in [3.05, 3.63) is 0 Å². The first-order chi connectivity index (χ1) is 4.57. The molecule has 0 saturated heterocycles. The van der Waals surface area contributed by atoms with Crippen molar-refractivity contribution in [1.29, 1.82) is 0 Å². The van der Waals surface area contributed by atoms with E-state index in [1.54, 1.807) is 14.0 Å². The van der Waals surface area contributed by atoms with Gasteiger partial charge in [-0.1, -0.05) is 0 Å². The second kappa shape index (κ2) is 4.30. The molecule has 0 aromatic rings. The van der Waals surface area contributed by atoms with Crippen molar-refractivity contribution in [3.8, 4) is 0 Å². The van der Waals surface area contributed by atoms with Crippen molar-refractivity contribution in [1.82, 2.24) is 5.32 Å². The van der Waals surface area contributed by atoms with Crippen LogP contribution in [0.25, 0.3) is 0 Å². The predicted octanol–water partition coefficient (Wildman–Crippen LogP) is -1.61. The van der Waals surface area contributed by atoms with E-state index in [4.69, 9.17) is 10.2 Å². The molecular formula is C5H12BNO3. The van der Waals surface area contributed by atoms with Crippen LogP contribution in [0.3, 0.4) is 0 Å². The van der Waals surface area contributed by atoms with Gasteiger partial charge in [0.1, 0.15) is 0 Å². The molecule has 2 atom stereocenters. The van der Waals surface area contributed by atoms with Crippen LogP contribution in [0.2, 0.25) is 0 Å². The first-order valence-electron chi connectivity index (χ1n) is 3.16. The fourth-order valence-electron chi connectivity index (χ4n) is 0.683. The summed E-state index contributed by atoms with van der Waals surface area (Å²) in [4.78, 5) is 10.3. The predicted molar refractivity (Wildman–Crippen MR) is 39.3 cm³/mol. The van der Waals surface area contributed by atoms with Crippen molar-refractivity contribution < 1.29 is 15.0 Å². The molecule has 0 amide bonds. The highest BCUT2D eigenvalue weighted by atomic mass is 16.4. The minimum absolute atomic E-state index is 0.242. The number of aliphatic carboxylic acids is 1. The molecule has 0 heterocycles. The third-order valence-corrected chi connectivity index (χ3v) is 1.22. The van der Waals surface area contributed by atoms with E-state index >= 15 is 0 Å². The Morgan fingerprint density at radius 2 is 2.20 bits per heavy atom. The topological polar surface area (TPSA) is 69.6 Å². The number of aliphatic hydroxyl groups is 1. The second-order valence-electron chi connectivity index (χ2n) is 2.26. The van der Waals surface area contributed by atoms with Gasteiger partial charge in [0, 0.05) is 6.00 Å². The van der Waals surface area contributed by atoms with Crippen molar-refractivity contribution in [2.45, 2.75) is 18.9 Å². The van der Waals surface area contributed by atoms with Gasteiger partial charge < -0.3 is 15.5 Å². The van der Waals surface area contributed by atoms with Crippen LogP contribution in [0.4, 0.5) is 0 Å². The zero-order chi connectivity index (χ0) is 8.15. The Hall–Kier alpha value is -0.545. The maximum absolute atomic E-state index is 10.3. The number of aliphatic hydroxyl groups excluding tert-OH is 1. The van der Waals surface area contributed by atoms with E-state index in [9.17, 15) is 4.79 Å². The average molecular weight is 145 g/mol. The quantitative estimate of drug-likeness (QED) is 0.416. The number of rotatable bonds is 4. The Bertz CT molecular complexity index is 117. The van der Waals surface area contributed by atoms with Crippen LogP contribution in [0.15, 0.2) is 0 Å². The molecule has 0 aromatic carbocycles. The van der Waals surface area contributed by atoms with Gasteiger partial charge in [-0.2, -0.15) is 0 Å². The summed E-state index contributed by atoms with van der Waals surface area (Å²) in [6.07, 6.45) is 0. The fourth-order valence-corrected chi connectivity index (χ4v) is 0.683. The van der Waals surface area contributed by atoms with Crippen LogP contribution in [0.5, 0.6) is 0 Å². The summed E-state index contributed by atoms with van der Waals surface area (Å²) in [7, 11) is 1.80. The van der Waals surface area contributed by atoms with E-state index in [0.717, 1.165) is 0 Å². The summed E-state index contributed by atoms with van der Waals surface area (Å²) in [5.74, 6) is -1.57. The minimum atomic E-state index is -0.927. The van der Waals surface area contributed by atoms with Crippen molar-refractivity contribution in [3.63, 3.8) is 0 Å². The maximum Gasteiger partial charge on any atom is 0.312 e. The number of likely N-dealkylation sites (N-methyl/N-ethyl adjacent to an activating group) is 1. The summed E-state index contributed by atoms with van der Waals surface area (Å²) >= 11 is 0. The molecule has 0 aliphatic carbocycles. The zero-order valence-electron chi connectivity index (χ0n) is 6.16. The molecule has 10 heavy (non-hydrogen) atoms. The molecule has 4 nitrogen and oxygen atoms in total. The van der Waals surface area contributed by atoms with Gasteiger partial charge in [0.15, 0.2) is 7.28 Å². The van der Waals surface area contributed by atoms with Gasteiger partial charge in [-0.15, -0.1) is 0 Å². The van der Waals surface area contributed by atoms with Gasteiger partial charge in [-0.3, -0.25) is 4.79 Å². The number of carboxylic acid groups (broad SMARTS) is 1. The molecule has 0 radical (unpaired) electrons. The normalized spacial score (nSPS) is 15.9. The summed E-state index contributed by atoms with van der Waals surface area (Å²) in [6.45, 7) is 1.56. The monoisotopic (exact) mass is 145 g/mol. The molecular weight excluding hydrogens is 133 g/mol. The number of nitrogens with one attached hydrogen (secondary N) is 1. The molecule has 0 aromatic heterocycles. The first kappa shape index (κ1) is 9.45. The molecule has 0 saturated carbocycles. The Morgan fingerprint density at radius 1 is 1.70 bits per heavy atom. The highest BCUT2D eigenvalue weighted by molar-refractivity contribution is 6.44. The molecule has 0 aliphatic heterocycles. The standard InChI is InChI=1S/C5H12BNO3/c1-3(8)6-4(7-2)5(9)10/h3-4,6-8H,1-2H3,(H,9,10). The van der Waals surface area contributed by atoms with E-state index in [1.165, 1.54) is 0 Å². The minimum Gasteiger partial charge on any atom is -0.481 e. The lowest BCUT2D eigenvalue weighted by Crippen LogP contribution is -2.43. The smallest absolute Gasteiger partial charge is 0.312 e. The van der Waals surface area contributed by atoms with Crippen molar-refractivity contribution in [2.75, 3.05) is 7.05 Å². The van der Waals surface area contributed by atoms with Gasteiger partial charge in [0.05, 0.1) is 5.94 Å². The van der Waals surface area contributed by atoms with Gasteiger partial charge in [0.2, 0.25) is 0 Å². The number of carboxylic acids is 1. The molecule has 58 valence electrons. The lowest BCUT2D eigenvalue weighted by Gasteiger charge is -2.10. The molecule has 0 aliphatic rings. The van der Waals surface area contributed by atoms with Gasteiger partial charge >= 0.3 is 5.97 Å². The summed E-state index contributed by atoms with van der Waals surface area (Å²) in [6, 6.07) is -0.575. The van der Waals surface area contributed by atoms with E-state index in [1.807, 2.05) is 0 Å². The van der Waals surface area contributed by atoms with Crippen LogP contribution >= 0.6 is 0 Å². The van der Waals surface area contributed by atoms with Crippen LogP contribution in [-0.2, 0) is 4.79 Å². The molecule has 3 N–H and O–H groups in total. The Labute approximate surface area is 60.5 Å². The Morgan fingerprint density at radius 3 is 2.30 bits per heavy atom. The first-order valence-corrected chi connectivity index (χ1v) is 3.16. The van der Waals surface area contributed by atoms with Crippen molar-refractivity contribution >= 4 is 13.2 Å². The largest absolute Gasteiger partial charge is 0.481 e. The zero-order valence-corrected chi connectivity index (χ0v) is 6.16. The van der Waals surface area contributed by atoms with Gasteiger partial charge in [0.25, 0.3) is 0 Å². The molecule has 0 fully saturated rings. The Balaban J connectivity index is 3.72. The van der Waals surface area contributed by atoms with Crippen LogP contribution in [0.1, 0.15) is 6.92 Å². The maximum atomic E-state index is 10.3. The fraction of sp³-hybridized carbons (Fsp3) is 0.800. The number of hydrogen-bond donors (Lipinski definition) is 3. The highest BCUT2D eigenvalue weighted by Gasteiger charge is 2.18. The van der Waals surface area contributed by atoms with E-state index in [-0.39, 0.29) is 7.28 Å². The van der Waals surface area contributed by atoms with Gasteiger partial charge in [-0.25, -0.2) is 0 Å². The molecule has 2 unspecified atom stereocenters. The summed E-state index contributed by atoms with van der Waals surface area (Å²) in [5.41, 5.74) is 0. The molecule has 5 heteroatoms. The summed E-state index contributed by atoms with van der Waals surface area (Å²) < 4.78 is 0. The third-order valence-electron chi connectivity index (χ3n) is 1.22. The second-order valence-corrected chi connectivity index (χ2v) is 2.26. The SMILES string of the molecule is CNC(BC(C)O)C(=O)O. The van der Waals surface area contributed by atoms with Crippen LogP contribution in [0, 0.1) is 0 Å². The van der Waals surface area contributed by atoms with Gasteiger partial charge in [-0.05, 0) is 14.0 Å². The van der Waals surface area contributed by atoms with E-state index < -0.39 is 17.9 Å². The average Bonchev–Trinajstić information content (AvgIpc) is 1.81. The summed E-state index contributed by atoms with van der Waals surface area (Å²) in [5, 5.41) is 19.8. The number of hydrogen-bond acceptors (Lipinski definition) is 3.